The topological polar surface area (TPSA) is 58.2 Å². The number of carbonyl (C=O) groups is 2. The Balaban J connectivity index is 1.38. The van der Waals surface area contributed by atoms with E-state index in [9.17, 15) is 9.59 Å². The Morgan fingerprint density at radius 3 is 2.26 bits per heavy atom. The predicted molar refractivity (Wildman–Crippen MR) is 111 cm³/mol. The first kappa shape index (κ1) is 20.4. The Morgan fingerprint density at radius 2 is 1.67 bits per heavy atom. The smallest absolute Gasteiger partial charge is 0.261 e. The highest BCUT2D eigenvalue weighted by Gasteiger charge is 2.27. The molecule has 2 saturated carbocycles. The van der Waals surface area contributed by atoms with Gasteiger partial charge in [0.2, 0.25) is 5.91 Å². The summed E-state index contributed by atoms with van der Waals surface area (Å²) in [6, 6.07) is 4.47. The molecule has 0 spiro atoms. The Labute approximate surface area is 167 Å². The van der Waals surface area contributed by atoms with Crippen molar-refractivity contribution in [2.45, 2.75) is 90.1 Å². The van der Waals surface area contributed by atoms with Gasteiger partial charge in [0.15, 0.2) is 0 Å². The lowest BCUT2D eigenvalue weighted by Crippen LogP contribution is -2.45. The third-order valence-corrected chi connectivity index (χ3v) is 7.48. The predicted octanol–water partition coefficient (Wildman–Crippen LogP) is 4.68. The van der Waals surface area contributed by atoms with Gasteiger partial charge in [-0.25, -0.2) is 0 Å². The average molecular weight is 391 g/mol. The van der Waals surface area contributed by atoms with Crippen molar-refractivity contribution in [2.24, 2.45) is 11.8 Å². The number of hydrogen-bond acceptors (Lipinski definition) is 3. The summed E-state index contributed by atoms with van der Waals surface area (Å²) in [7, 11) is 0. The summed E-state index contributed by atoms with van der Waals surface area (Å²) in [4.78, 5) is 26.9. The highest BCUT2D eigenvalue weighted by atomic mass is 32.1. The van der Waals surface area contributed by atoms with Crippen molar-refractivity contribution in [1.29, 1.82) is 0 Å². The minimum Gasteiger partial charge on any atom is -0.353 e. The number of aryl methyl sites for hydroxylation is 1. The molecule has 2 amide bonds. The third kappa shape index (κ3) is 5.81. The van der Waals surface area contributed by atoms with Gasteiger partial charge in [0.05, 0.1) is 4.88 Å². The number of hydrogen-bond donors (Lipinski definition) is 2. The Hall–Kier alpha value is -1.36. The van der Waals surface area contributed by atoms with E-state index in [0.29, 0.717) is 0 Å². The van der Waals surface area contributed by atoms with Crippen LogP contribution in [0.3, 0.4) is 0 Å². The number of amides is 2. The van der Waals surface area contributed by atoms with Crippen LogP contribution in [0.4, 0.5) is 0 Å². The normalized spacial score (nSPS) is 24.5. The standard InChI is InChI=1S/C22H34N2O2S/c1-3-19-12-13-20(27-19)22(26)24-18-10-8-17(9-11-18)23-21(25)15(2)14-16-6-4-5-7-16/h12-13,15-18H,3-11,14H2,1-2H3,(H,23,25)(H,24,26). The van der Waals surface area contributed by atoms with Gasteiger partial charge in [-0.2, -0.15) is 0 Å². The fourth-order valence-corrected chi connectivity index (χ4v) is 5.38. The SMILES string of the molecule is CCc1ccc(C(=O)NC2CCC(NC(=O)C(C)CC3CCCC3)CC2)s1. The van der Waals surface area contributed by atoms with Crippen LogP contribution in [0.25, 0.3) is 0 Å². The summed E-state index contributed by atoms with van der Waals surface area (Å²) in [5.74, 6) is 1.15. The number of thiophene rings is 1. The summed E-state index contributed by atoms with van der Waals surface area (Å²) < 4.78 is 0. The molecular formula is C22H34N2O2S. The molecular weight excluding hydrogens is 356 g/mol. The average Bonchev–Trinajstić information content (AvgIpc) is 3.34. The Kier molecular flexibility index (Phi) is 7.33. The van der Waals surface area contributed by atoms with E-state index in [1.54, 1.807) is 11.3 Å². The molecule has 4 nitrogen and oxygen atoms in total. The van der Waals surface area contributed by atoms with Gasteiger partial charge in [-0.05, 0) is 56.6 Å². The molecule has 0 aromatic carbocycles. The Morgan fingerprint density at radius 1 is 1.04 bits per heavy atom. The zero-order valence-corrected chi connectivity index (χ0v) is 17.6. The third-order valence-electron chi connectivity index (χ3n) is 6.25. The van der Waals surface area contributed by atoms with Crippen LogP contribution in [0.15, 0.2) is 12.1 Å². The lowest BCUT2D eigenvalue weighted by molar-refractivity contribution is -0.126. The molecule has 0 aliphatic heterocycles. The maximum Gasteiger partial charge on any atom is 0.261 e. The van der Waals surface area contributed by atoms with E-state index in [4.69, 9.17) is 0 Å². The molecule has 5 heteroatoms. The van der Waals surface area contributed by atoms with E-state index in [1.807, 2.05) is 12.1 Å². The van der Waals surface area contributed by atoms with E-state index in [2.05, 4.69) is 24.5 Å². The van der Waals surface area contributed by atoms with Crippen LogP contribution in [0.2, 0.25) is 0 Å². The quantitative estimate of drug-likeness (QED) is 0.710. The number of carbonyl (C=O) groups excluding carboxylic acids is 2. The van der Waals surface area contributed by atoms with E-state index >= 15 is 0 Å². The lowest BCUT2D eigenvalue weighted by Gasteiger charge is -2.30. The Bertz CT molecular complexity index is 628. The summed E-state index contributed by atoms with van der Waals surface area (Å²) in [6.45, 7) is 4.18. The second kappa shape index (κ2) is 9.72. The molecule has 1 atom stereocenters. The molecule has 3 rings (SSSR count). The molecule has 0 bridgehead atoms. The fourth-order valence-electron chi connectivity index (χ4n) is 4.53. The van der Waals surface area contributed by atoms with Crippen molar-refractivity contribution in [3.63, 3.8) is 0 Å². The second-order valence-electron chi connectivity index (χ2n) is 8.44. The lowest BCUT2D eigenvalue weighted by atomic mass is 9.89. The van der Waals surface area contributed by atoms with Crippen molar-refractivity contribution in [1.82, 2.24) is 10.6 Å². The van der Waals surface area contributed by atoms with Gasteiger partial charge >= 0.3 is 0 Å². The maximum absolute atomic E-state index is 12.5. The number of rotatable bonds is 7. The summed E-state index contributed by atoms with van der Waals surface area (Å²) in [6.07, 6.45) is 11.1. The minimum absolute atomic E-state index is 0.0531. The van der Waals surface area contributed by atoms with Gasteiger partial charge in [0.25, 0.3) is 5.91 Å². The monoisotopic (exact) mass is 390 g/mol. The molecule has 0 radical (unpaired) electrons. The van der Waals surface area contributed by atoms with Crippen LogP contribution in [0.1, 0.15) is 86.2 Å². The van der Waals surface area contributed by atoms with E-state index < -0.39 is 0 Å². The molecule has 1 unspecified atom stereocenters. The molecule has 1 aromatic rings. The van der Waals surface area contributed by atoms with Crippen molar-refractivity contribution in [2.75, 3.05) is 0 Å². The van der Waals surface area contributed by atoms with Crippen LogP contribution >= 0.6 is 11.3 Å². The van der Waals surface area contributed by atoms with Crippen LogP contribution in [-0.2, 0) is 11.2 Å². The molecule has 2 N–H and O–H groups in total. The maximum atomic E-state index is 12.5. The highest BCUT2D eigenvalue weighted by Crippen LogP contribution is 2.30. The summed E-state index contributed by atoms with van der Waals surface area (Å²) >= 11 is 1.59. The highest BCUT2D eigenvalue weighted by molar-refractivity contribution is 7.14. The van der Waals surface area contributed by atoms with Gasteiger partial charge < -0.3 is 10.6 Å². The zero-order chi connectivity index (χ0) is 19.2. The van der Waals surface area contributed by atoms with Crippen molar-refractivity contribution < 1.29 is 9.59 Å². The van der Waals surface area contributed by atoms with Crippen LogP contribution in [0.5, 0.6) is 0 Å². The molecule has 1 heterocycles. The van der Waals surface area contributed by atoms with Crippen LogP contribution in [-0.4, -0.2) is 23.9 Å². The molecule has 0 saturated heterocycles. The first-order chi connectivity index (χ1) is 13.0. The molecule has 150 valence electrons. The van der Waals surface area contributed by atoms with Crippen LogP contribution in [0, 0.1) is 11.8 Å². The summed E-state index contributed by atoms with van der Waals surface area (Å²) in [5.41, 5.74) is 0. The number of nitrogens with one attached hydrogen (secondary N) is 2. The molecule has 2 fully saturated rings. The fraction of sp³-hybridized carbons (Fsp3) is 0.727. The van der Waals surface area contributed by atoms with Gasteiger partial charge in [0.1, 0.15) is 0 Å². The van der Waals surface area contributed by atoms with E-state index in [-0.39, 0.29) is 29.8 Å². The van der Waals surface area contributed by atoms with Gasteiger partial charge in [-0.1, -0.05) is 39.5 Å². The van der Waals surface area contributed by atoms with E-state index in [0.717, 1.165) is 49.3 Å². The van der Waals surface area contributed by atoms with E-state index in [1.165, 1.54) is 30.6 Å². The van der Waals surface area contributed by atoms with Gasteiger partial charge in [0, 0.05) is 22.9 Å². The molecule has 2 aliphatic rings. The first-order valence-corrected chi connectivity index (χ1v) is 11.6. The summed E-state index contributed by atoms with van der Waals surface area (Å²) in [5, 5.41) is 6.44. The van der Waals surface area contributed by atoms with Gasteiger partial charge in [-0.3, -0.25) is 9.59 Å². The van der Waals surface area contributed by atoms with Crippen molar-refractivity contribution >= 4 is 23.2 Å². The molecule has 27 heavy (non-hydrogen) atoms. The second-order valence-corrected chi connectivity index (χ2v) is 9.61. The first-order valence-electron chi connectivity index (χ1n) is 10.7. The van der Waals surface area contributed by atoms with Crippen molar-refractivity contribution in [3.05, 3.63) is 21.9 Å². The van der Waals surface area contributed by atoms with Crippen LogP contribution < -0.4 is 10.6 Å². The minimum atomic E-state index is 0.0531. The molecule has 1 aromatic heterocycles. The zero-order valence-electron chi connectivity index (χ0n) is 16.8. The largest absolute Gasteiger partial charge is 0.353 e. The van der Waals surface area contributed by atoms with Gasteiger partial charge in [-0.15, -0.1) is 11.3 Å². The van der Waals surface area contributed by atoms with Crippen molar-refractivity contribution in [3.8, 4) is 0 Å². The molecule has 2 aliphatic carbocycles.